The Morgan fingerprint density at radius 1 is 0.944 bits per heavy atom. The Balaban J connectivity index is 3.11. The van der Waals surface area contributed by atoms with Gasteiger partial charge in [-0.2, -0.15) is 0 Å². The van der Waals surface area contributed by atoms with E-state index in [-0.39, 0.29) is 5.91 Å². The van der Waals surface area contributed by atoms with E-state index in [1.165, 1.54) is 51.4 Å². The summed E-state index contributed by atoms with van der Waals surface area (Å²) in [6.45, 7) is 5.47. The first-order chi connectivity index (χ1) is 8.81. The highest BCUT2D eigenvalue weighted by Gasteiger charge is 1.96. The summed E-state index contributed by atoms with van der Waals surface area (Å²) < 4.78 is 0. The number of aliphatic imine (C=N–C) groups is 1. The molecule has 0 unspecified atom stereocenters. The van der Waals surface area contributed by atoms with Crippen LogP contribution >= 0.6 is 0 Å². The molecule has 18 heavy (non-hydrogen) atoms. The zero-order valence-corrected chi connectivity index (χ0v) is 12.0. The normalized spacial score (nSPS) is 10.9. The van der Waals surface area contributed by atoms with Crippen molar-refractivity contribution in [3.8, 4) is 0 Å². The van der Waals surface area contributed by atoms with Gasteiger partial charge in [0.15, 0.2) is 0 Å². The highest BCUT2D eigenvalue weighted by atomic mass is 16.1. The molecular weight excluding hydrogens is 222 g/mol. The van der Waals surface area contributed by atoms with Crippen LogP contribution in [0.15, 0.2) is 17.1 Å². The fourth-order valence-corrected chi connectivity index (χ4v) is 1.90. The van der Waals surface area contributed by atoms with Crippen LogP contribution in [0.25, 0.3) is 0 Å². The number of nitrogens with zero attached hydrogens (tertiary/aromatic N) is 1. The van der Waals surface area contributed by atoms with Crippen molar-refractivity contribution < 1.29 is 4.79 Å². The van der Waals surface area contributed by atoms with Crippen molar-refractivity contribution in [1.82, 2.24) is 0 Å². The first-order valence-corrected chi connectivity index (χ1v) is 7.45. The van der Waals surface area contributed by atoms with E-state index in [9.17, 15) is 4.79 Å². The molecule has 0 saturated carbocycles. The summed E-state index contributed by atoms with van der Waals surface area (Å²) in [5, 5.41) is 0. The third-order valence-electron chi connectivity index (χ3n) is 3.08. The Morgan fingerprint density at radius 2 is 1.50 bits per heavy atom. The van der Waals surface area contributed by atoms with Crippen LogP contribution < -0.4 is 0 Å². The summed E-state index contributed by atoms with van der Waals surface area (Å²) in [5.74, 6) is -0.0648. The van der Waals surface area contributed by atoms with Crippen molar-refractivity contribution >= 4 is 12.6 Å². The molecule has 0 N–H and O–H groups in total. The predicted octanol–water partition coefficient (Wildman–Crippen LogP) is 5.08. The second-order valence-corrected chi connectivity index (χ2v) is 4.83. The first-order valence-electron chi connectivity index (χ1n) is 7.45. The quantitative estimate of drug-likeness (QED) is 0.270. The molecule has 0 aliphatic carbocycles. The first kappa shape index (κ1) is 17.1. The molecule has 2 heteroatoms. The fourth-order valence-electron chi connectivity index (χ4n) is 1.90. The summed E-state index contributed by atoms with van der Waals surface area (Å²) >= 11 is 0. The molecule has 0 aromatic rings. The number of amides is 1. The summed E-state index contributed by atoms with van der Waals surface area (Å²) in [6, 6.07) is 0. The summed E-state index contributed by atoms with van der Waals surface area (Å²) in [5.41, 5.74) is 0. The van der Waals surface area contributed by atoms with E-state index in [1.807, 2.05) is 0 Å². The molecule has 0 bridgehead atoms. The SMILES string of the molecule is C=NC(=O)CCCCCCCC=CCCCCC. The Hall–Kier alpha value is -0.920. The van der Waals surface area contributed by atoms with E-state index in [4.69, 9.17) is 0 Å². The summed E-state index contributed by atoms with van der Waals surface area (Å²) in [6.07, 6.45) is 17.5. The molecule has 104 valence electrons. The Labute approximate surface area is 113 Å². The third-order valence-corrected chi connectivity index (χ3v) is 3.08. The van der Waals surface area contributed by atoms with Crippen molar-refractivity contribution in [2.75, 3.05) is 0 Å². The van der Waals surface area contributed by atoms with Crippen molar-refractivity contribution in [2.45, 2.75) is 77.6 Å². The minimum Gasteiger partial charge on any atom is -0.273 e. The van der Waals surface area contributed by atoms with Gasteiger partial charge in [0.25, 0.3) is 0 Å². The van der Waals surface area contributed by atoms with Crippen molar-refractivity contribution in [2.24, 2.45) is 4.99 Å². The van der Waals surface area contributed by atoms with Gasteiger partial charge in [-0.15, -0.1) is 0 Å². The number of hydrogen-bond donors (Lipinski definition) is 0. The monoisotopic (exact) mass is 251 g/mol. The Morgan fingerprint density at radius 3 is 2.11 bits per heavy atom. The average Bonchev–Trinajstić information content (AvgIpc) is 2.39. The van der Waals surface area contributed by atoms with Gasteiger partial charge in [-0.05, 0) is 38.8 Å². The van der Waals surface area contributed by atoms with Gasteiger partial charge < -0.3 is 0 Å². The van der Waals surface area contributed by atoms with Crippen LogP contribution in [0.1, 0.15) is 77.6 Å². The van der Waals surface area contributed by atoms with E-state index in [1.54, 1.807) is 0 Å². The lowest BCUT2D eigenvalue weighted by molar-refractivity contribution is -0.117. The highest BCUT2D eigenvalue weighted by molar-refractivity contribution is 5.80. The molecule has 0 aliphatic rings. The van der Waals surface area contributed by atoms with Crippen molar-refractivity contribution in [1.29, 1.82) is 0 Å². The maximum Gasteiger partial charge on any atom is 0.245 e. The van der Waals surface area contributed by atoms with Gasteiger partial charge in [0, 0.05) is 6.42 Å². The lowest BCUT2D eigenvalue weighted by Crippen LogP contribution is -1.91. The molecule has 0 aromatic carbocycles. The third kappa shape index (κ3) is 13.1. The summed E-state index contributed by atoms with van der Waals surface area (Å²) in [7, 11) is 0. The summed E-state index contributed by atoms with van der Waals surface area (Å²) in [4.78, 5) is 14.2. The minimum atomic E-state index is -0.0648. The molecule has 0 aromatic heterocycles. The zero-order chi connectivity index (χ0) is 13.5. The van der Waals surface area contributed by atoms with Crippen LogP contribution in [0.5, 0.6) is 0 Å². The molecule has 0 aliphatic heterocycles. The lowest BCUT2D eigenvalue weighted by Gasteiger charge is -1.98. The maximum atomic E-state index is 10.9. The van der Waals surface area contributed by atoms with Gasteiger partial charge in [0.1, 0.15) is 0 Å². The number of carbonyl (C=O) groups excluding carboxylic acids is 1. The Bertz CT molecular complexity index is 233. The van der Waals surface area contributed by atoms with Crippen LogP contribution in [0.4, 0.5) is 0 Å². The number of carbonyl (C=O) groups is 1. The molecular formula is C16H29NO. The van der Waals surface area contributed by atoms with Crippen LogP contribution in [0.2, 0.25) is 0 Å². The molecule has 2 nitrogen and oxygen atoms in total. The predicted molar refractivity (Wildman–Crippen MR) is 80.2 cm³/mol. The Kier molecular flexibility index (Phi) is 13.4. The van der Waals surface area contributed by atoms with E-state index in [0.29, 0.717) is 6.42 Å². The minimum absolute atomic E-state index is 0.0648. The molecule has 0 spiro atoms. The van der Waals surface area contributed by atoms with Gasteiger partial charge in [-0.3, -0.25) is 4.79 Å². The van der Waals surface area contributed by atoms with Crippen LogP contribution in [0.3, 0.4) is 0 Å². The molecule has 0 radical (unpaired) electrons. The van der Waals surface area contributed by atoms with Gasteiger partial charge in [0.2, 0.25) is 5.91 Å². The number of unbranched alkanes of at least 4 members (excludes halogenated alkanes) is 8. The fraction of sp³-hybridized carbons (Fsp3) is 0.750. The standard InChI is InChI=1S/C16H29NO/c1-3-4-5-6-7-8-9-10-11-12-13-14-15-16(18)17-2/h7-8H,2-6,9-15H2,1H3. The van der Waals surface area contributed by atoms with Gasteiger partial charge >= 0.3 is 0 Å². The molecule has 0 rings (SSSR count). The smallest absolute Gasteiger partial charge is 0.245 e. The number of hydrogen-bond acceptors (Lipinski definition) is 1. The van der Waals surface area contributed by atoms with Crippen LogP contribution in [0, 0.1) is 0 Å². The number of rotatable bonds is 12. The van der Waals surface area contributed by atoms with E-state index in [0.717, 1.165) is 12.8 Å². The lowest BCUT2D eigenvalue weighted by atomic mass is 10.1. The van der Waals surface area contributed by atoms with Gasteiger partial charge in [0.05, 0.1) is 0 Å². The van der Waals surface area contributed by atoms with E-state index in [2.05, 4.69) is 30.8 Å². The average molecular weight is 251 g/mol. The van der Waals surface area contributed by atoms with Gasteiger partial charge in [-0.1, -0.05) is 51.2 Å². The largest absolute Gasteiger partial charge is 0.273 e. The molecule has 0 atom stereocenters. The maximum absolute atomic E-state index is 10.9. The number of allylic oxidation sites excluding steroid dienone is 2. The van der Waals surface area contributed by atoms with Crippen LogP contribution in [-0.2, 0) is 4.79 Å². The van der Waals surface area contributed by atoms with Crippen molar-refractivity contribution in [3.63, 3.8) is 0 Å². The van der Waals surface area contributed by atoms with Gasteiger partial charge in [-0.25, -0.2) is 4.99 Å². The second-order valence-electron chi connectivity index (χ2n) is 4.83. The molecule has 0 saturated heterocycles. The van der Waals surface area contributed by atoms with E-state index >= 15 is 0 Å². The molecule has 0 fully saturated rings. The second kappa shape index (κ2) is 14.1. The molecule has 0 heterocycles. The van der Waals surface area contributed by atoms with Crippen molar-refractivity contribution in [3.05, 3.63) is 12.2 Å². The van der Waals surface area contributed by atoms with Crippen LogP contribution in [-0.4, -0.2) is 12.6 Å². The molecule has 1 amide bonds. The van der Waals surface area contributed by atoms with E-state index < -0.39 is 0 Å². The highest BCUT2D eigenvalue weighted by Crippen LogP contribution is 2.08. The topological polar surface area (TPSA) is 29.4 Å². The zero-order valence-electron chi connectivity index (χ0n) is 12.0.